The molecule has 3 rings (SSSR count). The summed E-state index contributed by atoms with van der Waals surface area (Å²) < 4.78 is 5.52. The Morgan fingerprint density at radius 2 is 1.79 bits per heavy atom. The van der Waals surface area contributed by atoms with E-state index in [1.165, 1.54) is 0 Å². The third-order valence-corrected chi connectivity index (χ3v) is 4.99. The Morgan fingerprint density at radius 1 is 1.10 bits per heavy atom. The molecule has 2 aromatic carbocycles. The number of carbonyl (C=O) groups is 1. The van der Waals surface area contributed by atoms with Crippen LogP contribution in [0.5, 0.6) is 5.75 Å². The van der Waals surface area contributed by atoms with Crippen LogP contribution < -0.4 is 10.1 Å². The number of aromatic nitrogens is 2. The minimum absolute atomic E-state index is 0.0266. The number of methoxy groups -OCH3 is 1. The zero-order chi connectivity index (χ0) is 20.8. The van der Waals surface area contributed by atoms with Crippen LogP contribution in [0.2, 0.25) is 0 Å². The van der Waals surface area contributed by atoms with Crippen molar-refractivity contribution in [3.63, 3.8) is 0 Å². The topological polar surface area (TPSA) is 67.0 Å². The fourth-order valence-corrected chi connectivity index (χ4v) is 3.57. The number of rotatable bonds is 8. The molecule has 5 heteroatoms. The highest BCUT2D eigenvalue weighted by Crippen LogP contribution is 2.36. The Morgan fingerprint density at radius 3 is 2.45 bits per heavy atom. The number of ether oxygens (including phenoxy) is 1. The summed E-state index contributed by atoms with van der Waals surface area (Å²) in [6.45, 7) is 6.32. The zero-order valence-corrected chi connectivity index (χ0v) is 17.5. The summed E-state index contributed by atoms with van der Waals surface area (Å²) in [6.07, 6.45) is 1.51. The summed E-state index contributed by atoms with van der Waals surface area (Å²) in [5, 5.41) is 10.9. The van der Waals surface area contributed by atoms with Gasteiger partial charge in [0.05, 0.1) is 24.4 Å². The standard InChI is InChI=1S/C24H29N3O2/c1-5-18(17-11-7-6-8-12-17)24(28)25-23-20(15-16(2)3)26-27-22(23)19-13-9-10-14-21(19)29-4/h6-14,16,18H,5,15H2,1-4H3,(H,25,28)(H,26,27)/t18-/m1/s1. The number of nitrogens with zero attached hydrogens (tertiary/aromatic N) is 1. The number of H-pyrrole nitrogens is 1. The predicted molar refractivity (Wildman–Crippen MR) is 117 cm³/mol. The highest BCUT2D eigenvalue weighted by molar-refractivity contribution is 5.99. The number of hydrogen-bond acceptors (Lipinski definition) is 3. The number of carbonyl (C=O) groups excluding carboxylic acids is 1. The number of para-hydroxylation sites is 1. The minimum atomic E-state index is -0.219. The van der Waals surface area contributed by atoms with Gasteiger partial charge in [-0.3, -0.25) is 9.89 Å². The fourth-order valence-electron chi connectivity index (χ4n) is 3.57. The molecule has 1 aromatic heterocycles. The van der Waals surface area contributed by atoms with Crippen LogP contribution in [0.4, 0.5) is 5.69 Å². The second-order valence-electron chi connectivity index (χ2n) is 7.58. The monoisotopic (exact) mass is 391 g/mol. The lowest BCUT2D eigenvalue weighted by Crippen LogP contribution is -2.21. The van der Waals surface area contributed by atoms with Crippen LogP contribution in [0.25, 0.3) is 11.3 Å². The maximum absolute atomic E-state index is 13.2. The third-order valence-electron chi connectivity index (χ3n) is 4.99. The molecule has 0 saturated carbocycles. The van der Waals surface area contributed by atoms with Crippen molar-refractivity contribution in [3.05, 3.63) is 65.9 Å². The van der Waals surface area contributed by atoms with Crippen molar-refractivity contribution < 1.29 is 9.53 Å². The molecule has 0 aliphatic heterocycles. The van der Waals surface area contributed by atoms with Gasteiger partial charge < -0.3 is 10.1 Å². The average molecular weight is 392 g/mol. The van der Waals surface area contributed by atoms with Gasteiger partial charge in [0.2, 0.25) is 5.91 Å². The first-order chi connectivity index (χ1) is 14.0. The van der Waals surface area contributed by atoms with E-state index in [1.807, 2.05) is 61.5 Å². The van der Waals surface area contributed by atoms with Gasteiger partial charge in [-0.05, 0) is 36.5 Å². The lowest BCUT2D eigenvalue weighted by molar-refractivity contribution is -0.117. The summed E-state index contributed by atoms with van der Waals surface area (Å²) in [6, 6.07) is 17.6. The highest BCUT2D eigenvalue weighted by atomic mass is 16.5. The fraction of sp³-hybridized carbons (Fsp3) is 0.333. The van der Waals surface area contributed by atoms with E-state index in [4.69, 9.17) is 4.74 Å². The molecule has 2 N–H and O–H groups in total. The van der Waals surface area contributed by atoms with Crippen LogP contribution in [0.3, 0.4) is 0 Å². The van der Waals surface area contributed by atoms with E-state index in [0.29, 0.717) is 11.6 Å². The normalized spacial score (nSPS) is 12.0. The number of amides is 1. The quantitative estimate of drug-likeness (QED) is 0.539. The van der Waals surface area contributed by atoms with Crippen molar-refractivity contribution in [3.8, 4) is 17.0 Å². The molecule has 0 unspecified atom stereocenters. The van der Waals surface area contributed by atoms with Crippen LogP contribution in [0.1, 0.15) is 44.4 Å². The Labute approximate surface area is 172 Å². The number of hydrogen-bond donors (Lipinski definition) is 2. The van der Waals surface area contributed by atoms with Crippen molar-refractivity contribution in [2.75, 3.05) is 12.4 Å². The molecule has 5 nitrogen and oxygen atoms in total. The minimum Gasteiger partial charge on any atom is -0.496 e. The Hall–Kier alpha value is -3.08. The molecule has 1 amide bonds. The van der Waals surface area contributed by atoms with Gasteiger partial charge in [-0.2, -0.15) is 5.10 Å². The molecule has 0 saturated heterocycles. The van der Waals surface area contributed by atoms with E-state index in [9.17, 15) is 4.79 Å². The van der Waals surface area contributed by atoms with E-state index in [1.54, 1.807) is 7.11 Å². The van der Waals surface area contributed by atoms with Gasteiger partial charge in [0.1, 0.15) is 11.4 Å². The van der Waals surface area contributed by atoms with Gasteiger partial charge in [0.25, 0.3) is 0 Å². The zero-order valence-electron chi connectivity index (χ0n) is 17.5. The van der Waals surface area contributed by atoms with Gasteiger partial charge in [-0.15, -0.1) is 0 Å². The van der Waals surface area contributed by atoms with E-state index < -0.39 is 0 Å². The molecule has 29 heavy (non-hydrogen) atoms. The lowest BCUT2D eigenvalue weighted by Gasteiger charge is -2.17. The molecule has 0 aliphatic carbocycles. The van der Waals surface area contributed by atoms with Crippen LogP contribution in [0.15, 0.2) is 54.6 Å². The van der Waals surface area contributed by atoms with E-state index >= 15 is 0 Å². The first kappa shape index (κ1) is 20.6. The van der Waals surface area contributed by atoms with Crippen molar-refractivity contribution in [2.24, 2.45) is 5.92 Å². The molecular weight excluding hydrogens is 362 g/mol. The molecule has 0 spiro atoms. The molecule has 0 bridgehead atoms. The van der Waals surface area contributed by atoms with Gasteiger partial charge >= 0.3 is 0 Å². The van der Waals surface area contributed by atoms with Gasteiger partial charge in [-0.25, -0.2) is 0 Å². The maximum Gasteiger partial charge on any atom is 0.232 e. The lowest BCUT2D eigenvalue weighted by atomic mass is 9.95. The van der Waals surface area contributed by atoms with E-state index in [-0.39, 0.29) is 11.8 Å². The molecule has 152 valence electrons. The smallest absolute Gasteiger partial charge is 0.232 e. The first-order valence-corrected chi connectivity index (χ1v) is 10.1. The van der Waals surface area contributed by atoms with Gasteiger partial charge in [0, 0.05) is 5.56 Å². The van der Waals surface area contributed by atoms with Gasteiger partial charge in [-0.1, -0.05) is 63.2 Å². The third kappa shape index (κ3) is 4.67. The van der Waals surface area contributed by atoms with Crippen molar-refractivity contribution in [1.29, 1.82) is 0 Å². The maximum atomic E-state index is 13.2. The molecule has 0 aliphatic rings. The molecule has 1 heterocycles. The second kappa shape index (κ2) is 9.41. The predicted octanol–water partition coefficient (Wildman–Crippen LogP) is 5.42. The number of benzene rings is 2. The largest absolute Gasteiger partial charge is 0.496 e. The summed E-state index contributed by atoms with van der Waals surface area (Å²) in [5.41, 5.74) is 4.23. The van der Waals surface area contributed by atoms with E-state index in [0.717, 1.165) is 41.1 Å². The van der Waals surface area contributed by atoms with Gasteiger partial charge in [0.15, 0.2) is 0 Å². The van der Waals surface area contributed by atoms with Crippen LogP contribution in [0, 0.1) is 5.92 Å². The van der Waals surface area contributed by atoms with Crippen molar-refractivity contribution in [2.45, 2.75) is 39.5 Å². The van der Waals surface area contributed by atoms with E-state index in [2.05, 4.69) is 29.4 Å². The molecule has 0 radical (unpaired) electrons. The number of anilines is 1. The first-order valence-electron chi connectivity index (χ1n) is 10.1. The van der Waals surface area contributed by atoms with Crippen LogP contribution in [-0.2, 0) is 11.2 Å². The van der Waals surface area contributed by atoms with Crippen LogP contribution in [-0.4, -0.2) is 23.2 Å². The number of aromatic amines is 1. The second-order valence-corrected chi connectivity index (χ2v) is 7.58. The van der Waals surface area contributed by atoms with Crippen molar-refractivity contribution in [1.82, 2.24) is 10.2 Å². The van der Waals surface area contributed by atoms with Crippen molar-refractivity contribution >= 4 is 11.6 Å². The van der Waals surface area contributed by atoms with Crippen LogP contribution >= 0.6 is 0 Å². The average Bonchev–Trinajstić information content (AvgIpc) is 3.10. The summed E-state index contributed by atoms with van der Waals surface area (Å²) in [5.74, 6) is 0.901. The molecule has 0 fully saturated rings. The highest BCUT2D eigenvalue weighted by Gasteiger charge is 2.24. The molecule has 1 atom stereocenters. The molecule has 3 aromatic rings. The summed E-state index contributed by atoms with van der Waals surface area (Å²) >= 11 is 0. The Balaban J connectivity index is 2.00. The Kier molecular flexibility index (Phi) is 6.70. The number of nitrogens with one attached hydrogen (secondary N) is 2. The molecular formula is C24H29N3O2. The summed E-state index contributed by atoms with van der Waals surface area (Å²) in [4.78, 5) is 13.2. The summed E-state index contributed by atoms with van der Waals surface area (Å²) in [7, 11) is 1.64. The SMILES string of the molecule is CC[C@@H](C(=O)Nc1c(-c2ccccc2OC)n[nH]c1CC(C)C)c1ccccc1. The Bertz CT molecular complexity index is 948.